The van der Waals surface area contributed by atoms with Crippen LogP contribution < -0.4 is 5.73 Å². The molecule has 0 aromatic heterocycles. The SMILES string of the molecule is CCC1(c2cccc(O)c2)CCCCN(C)C1.Nc1ccc(C(=O)O)cc1. The molecular weight excluding hydrogens is 340 g/mol. The van der Waals surface area contributed by atoms with Crippen molar-refractivity contribution in [1.29, 1.82) is 0 Å². The standard InChI is InChI=1S/C15H23NO.C7H7NO2/c1-3-15(9-4-5-10-16(2)12-15)13-7-6-8-14(17)11-13;8-6-3-1-5(2-4-6)7(9)10/h6-8,11,17H,3-5,9-10,12H2,1-2H3;1-4H,8H2,(H,9,10). The van der Waals surface area contributed by atoms with Crippen LogP contribution >= 0.6 is 0 Å². The lowest BCUT2D eigenvalue weighted by Gasteiger charge is -2.35. The number of likely N-dealkylation sites (N-methyl/N-ethyl adjacent to an activating group) is 1. The zero-order chi connectivity index (χ0) is 19.9. The predicted octanol–water partition coefficient (Wildman–Crippen LogP) is 4.12. The summed E-state index contributed by atoms with van der Waals surface area (Å²) in [5.74, 6) is -0.540. The number of anilines is 1. The van der Waals surface area contributed by atoms with E-state index >= 15 is 0 Å². The Morgan fingerprint density at radius 2 is 1.89 bits per heavy atom. The molecule has 1 unspecified atom stereocenters. The van der Waals surface area contributed by atoms with Gasteiger partial charge in [-0.15, -0.1) is 0 Å². The maximum Gasteiger partial charge on any atom is 0.335 e. The van der Waals surface area contributed by atoms with Crippen molar-refractivity contribution in [3.05, 3.63) is 59.7 Å². The van der Waals surface area contributed by atoms with Crippen LogP contribution in [0.25, 0.3) is 0 Å². The number of nitrogen functional groups attached to an aromatic ring is 1. The van der Waals surface area contributed by atoms with E-state index in [1.165, 1.54) is 43.5 Å². The summed E-state index contributed by atoms with van der Waals surface area (Å²) in [5, 5.41) is 18.1. The predicted molar refractivity (Wildman–Crippen MR) is 109 cm³/mol. The Labute approximate surface area is 161 Å². The minimum atomic E-state index is -0.931. The summed E-state index contributed by atoms with van der Waals surface area (Å²) in [5.41, 5.74) is 7.69. The molecule has 0 bridgehead atoms. The highest BCUT2D eigenvalue weighted by molar-refractivity contribution is 5.87. The number of hydrogen-bond acceptors (Lipinski definition) is 4. The largest absolute Gasteiger partial charge is 0.508 e. The molecule has 4 N–H and O–H groups in total. The minimum absolute atomic E-state index is 0.226. The normalized spacial score (nSPS) is 20.2. The fourth-order valence-corrected chi connectivity index (χ4v) is 3.71. The van der Waals surface area contributed by atoms with Crippen LogP contribution in [0.3, 0.4) is 0 Å². The zero-order valence-corrected chi connectivity index (χ0v) is 16.2. The summed E-state index contributed by atoms with van der Waals surface area (Å²) in [6, 6.07) is 13.9. The zero-order valence-electron chi connectivity index (χ0n) is 16.2. The van der Waals surface area contributed by atoms with Crippen LogP contribution in [-0.4, -0.2) is 41.2 Å². The number of likely N-dealkylation sites (tertiary alicyclic amines) is 1. The van der Waals surface area contributed by atoms with Gasteiger partial charge < -0.3 is 20.8 Å². The van der Waals surface area contributed by atoms with Gasteiger partial charge in [-0.05, 0) is 74.8 Å². The van der Waals surface area contributed by atoms with Crippen LogP contribution in [0.1, 0.15) is 48.5 Å². The molecule has 1 aliphatic heterocycles. The van der Waals surface area contributed by atoms with Gasteiger partial charge in [-0.25, -0.2) is 4.79 Å². The second kappa shape index (κ2) is 9.42. The molecule has 5 nitrogen and oxygen atoms in total. The molecule has 27 heavy (non-hydrogen) atoms. The van der Waals surface area contributed by atoms with E-state index in [0.29, 0.717) is 11.4 Å². The van der Waals surface area contributed by atoms with Gasteiger partial charge in [0.1, 0.15) is 5.75 Å². The van der Waals surface area contributed by atoms with Crippen molar-refractivity contribution in [3.63, 3.8) is 0 Å². The summed E-state index contributed by atoms with van der Waals surface area (Å²) in [4.78, 5) is 12.7. The number of aromatic hydroxyl groups is 1. The Morgan fingerprint density at radius 1 is 1.19 bits per heavy atom. The molecule has 3 rings (SSSR count). The van der Waals surface area contributed by atoms with Crippen molar-refractivity contribution in [3.8, 4) is 5.75 Å². The van der Waals surface area contributed by atoms with Crippen LogP contribution in [0.4, 0.5) is 5.69 Å². The van der Waals surface area contributed by atoms with Crippen LogP contribution in [0.5, 0.6) is 5.75 Å². The Morgan fingerprint density at radius 3 is 2.48 bits per heavy atom. The van der Waals surface area contributed by atoms with Crippen molar-refractivity contribution in [2.75, 3.05) is 25.9 Å². The number of carboxylic acids is 1. The maximum atomic E-state index is 10.3. The Bertz CT molecular complexity index is 745. The van der Waals surface area contributed by atoms with E-state index in [1.54, 1.807) is 18.2 Å². The van der Waals surface area contributed by atoms with Crippen molar-refractivity contribution in [1.82, 2.24) is 4.90 Å². The van der Waals surface area contributed by atoms with Crippen molar-refractivity contribution in [2.24, 2.45) is 0 Å². The number of aromatic carboxylic acids is 1. The van der Waals surface area contributed by atoms with E-state index in [2.05, 4.69) is 24.9 Å². The molecule has 0 amide bonds. The Balaban J connectivity index is 0.000000223. The average Bonchev–Trinajstić information content (AvgIpc) is 2.85. The van der Waals surface area contributed by atoms with Gasteiger partial charge in [-0.3, -0.25) is 0 Å². The highest BCUT2D eigenvalue weighted by Gasteiger charge is 2.33. The Kier molecular flexibility index (Phi) is 7.25. The molecule has 5 heteroatoms. The number of nitrogens with two attached hydrogens (primary N) is 1. The van der Waals surface area contributed by atoms with Gasteiger partial charge >= 0.3 is 5.97 Å². The lowest BCUT2D eigenvalue weighted by Crippen LogP contribution is -2.37. The van der Waals surface area contributed by atoms with E-state index in [4.69, 9.17) is 10.8 Å². The third-order valence-electron chi connectivity index (χ3n) is 5.31. The quantitative estimate of drug-likeness (QED) is 0.708. The summed E-state index contributed by atoms with van der Waals surface area (Å²) >= 11 is 0. The molecule has 1 saturated heterocycles. The maximum absolute atomic E-state index is 10.3. The summed E-state index contributed by atoms with van der Waals surface area (Å²) in [6.45, 7) is 4.57. The monoisotopic (exact) mass is 370 g/mol. The lowest BCUT2D eigenvalue weighted by atomic mass is 9.74. The van der Waals surface area contributed by atoms with Gasteiger partial charge in [-0.2, -0.15) is 0 Å². The van der Waals surface area contributed by atoms with Crippen LogP contribution in [-0.2, 0) is 5.41 Å². The van der Waals surface area contributed by atoms with Gasteiger partial charge in [0.2, 0.25) is 0 Å². The average molecular weight is 370 g/mol. The molecule has 0 aliphatic carbocycles. The van der Waals surface area contributed by atoms with Gasteiger partial charge in [-0.1, -0.05) is 25.5 Å². The number of benzene rings is 2. The van der Waals surface area contributed by atoms with Crippen molar-refractivity contribution < 1.29 is 15.0 Å². The van der Waals surface area contributed by atoms with E-state index in [9.17, 15) is 9.90 Å². The van der Waals surface area contributed by atoms with Gasteiger partial charge in [0.05, 0.1) is 5.56 Å². The number of hydrogen-bond donors (Lipinski definition) is 3. The summed E-state index contributed by atoms with van der Waals surface area (Å²) in [7, 11) is 2.21. The second-order valence-corrected chi connectivity index (χ2v) is 7.31. The smallest absolute Gasteiger partial charge is 0.335 e. The molecule has 1 aliphatic rings. The number of carboxylic acid groups (broad SMARTS) is 1. The first-order valence-electron chi connectivity index (χ1n) is 9.43. The lowest BCUT2D eigenvalue weighted by molar-refractivity contribution is 0.0697. The number of rotatable bonds is 3. The van der Waals surface area contributed by atoms with Gasteiger partial charge in [0, 0.05) is 17.6 Å². The fourth-order valence-electron chi connectivity index (χ4n) is 3.71. The fraction of sp³-hybridized carbons (Fsp3) is 0.409. The molecule has 1 atom stereocenters. The van der Waals surface area contributed by atoms with Gasteiger partial charge in [0.25, 0.3) is 0 Å². The molecule has 1 fully saturated rings. The van der Waals surface area contributed by atoms with E-state index < -0.39 is 5.97 Å². The minimum Gasteiger partial charge on any atom is -0.508 e. The highest BCUT2D eigenvalue weighted by Crippen LogP contribution is 2.37. The summed E-state index contributed by atoms with van der Waals surface area (Å²) in [6.07, 6.45) is 4.95. The van der Waals surface area contributed by atoms with Crippen molar-refractivity contribution >= 4 is 11.7 Å². The number of phenols is 1. The molecule has 0 spiro atoms. The number of nitrogens with zero attached hydrogens (tertiary/aromatic N) is 1. The topological polar surface area (TPSA) is 86.8 Å². The number of carbonyl (C=O) groups is 1. The van der Waals surface area contributed by atoms with Crippen molar-refractivity contribution in [2.45, 2.75) is 38.0 Å². The third-order valence-corrected chi connectivity index (χ3v) is 5.31. The third kappa shape index (κ3) is 5.73. The first-order chi connectivity index (χ1) is 12.9. The van der Waals surface area contributed by atoms with E-state index in [1.807, 2.05) is 12.1 Å². The van der Waals surface area contributed by atoms with E-state index in [-0.39, 0.29) is 11.0 Å². The number of phenolic OH excluding ortho intramolecular Hbond substituents is 1. The van der Waals surface area contributed by atoms with Crippen LogP contribution in [0.15, 0.2) is 48.5 Å². The van der Waals surface area contributed by atoms with E-state index in [0.717, 1.165) is 13.0 Å². The highest BCUT2D eigenvalue weighted by atomic mass is 16.4. The first kappa shape index (κ1) is 20.8. The molecule has 1 heterocycles. The molecule has 2 aromatic carbocycles. The Hall–Kier alpha value is -2.53. The molecular formula is C22H30N2O3. The molecule has 146 valence electrons. The second-order valence-electron chi connectivity index (χ2n) is 7.31. The molecule has 0 radical (unpaired) electrons. The van der Waals surface area contributed by atoms with Gasteiger partial charge in [0.15, 0.2) is 0 Å². The molecule has 2 aromatic rings. The van der Waals surface area contributed by atoms with Crippen LogP contribution in [0.2, 0.25) is 0 Å². The summed E-state index contributed by atoms with van der Waals surface area (Å²) < 4.78 is 0. The van der Waals surface area contributed by atoms with Crippen LogP contribution in [0, 0.1) is 0 Å². The molecule has 0 saturated carbocycles. The first-order valence-corrected chi connectivity index (χ1v) is 9.43.